The summed E-state index contributed by atoms with van der Waals surface area (Å²) in [6.45, 7) is 5.61. The van der Waals surface area contributed by atoms with Crippen molar-refractivity contribution in [3.8, 4) is 0 Å². The van der Waals surface area contributed by atoms with Crippen molar-refractivity contribution in [1.82, 2.24) is 4.31 Å². The summed E-state index contributed by atoms with van der Waals surface area (Å²) in [7, 11) is -4.05. The SMILES string of the molecule is C=CC/C(=C\CCc1ccccc1)C(=O)N(Cc1ccccc1)S(=O)(=O)c1ccc(C)cc1. The lowest BCUT2D eigenvalue weighted by molar-refractivity contribution is -0.123. The summed E-state index contributed by atoms with van der Waals surface area (Å²) in [5.74, 6) is -0.521. The summed E-state index contributed by atoms with van der Waals surface area (Å²) in [4.78, 5) is 13.7. The third-order valence-electron chi connectivity index (χ3n) is 5.31. The van der Waals surface area contributed by atoms with Gasteiger partial charge in [0, 0.05) is 5.57 Å². The van der Waals surface area contributed by atoms with Crippen LogP contribution in [0.25, 0.3) is 0 Å². The molecule has 0 heterocycles. The maximum atomic E-state index is 13.6. The van der Waals surface area contributed by atoms with E-state index in [1.54, 1.807) is 30.3 Å². The Morgan fingerprint density at radius 1 is 0.879 bits per heavy atom. The van der Waals surface area contributed by atoms with Crippen LogP contribution in [0.5, 0.6) is 0 Å². The third kappa shape index (κ3) is 6.53. The van der Waals surface area contributed by atoms with Gasteiger partial charge in [-0.3, -0.25) is 4.79 Å². The summed E-state index contributed by atoms with van der Waals surface area (Å²) in [6.07, 6.45) is 5.15. The predicted octanol–water partition coefficient (Wildman–Crippen LogP) is 5.85. The van der Waals surface area contributed by atoms with Crippen LogP contribution in [-0.2, 0) is 27.8 Å². The minimum atomic E-state index is -4.05. The monoisotopic (exact) mass is 459 g/mol. The van der Waals surface area contributed by atoms with Gasteiger partial charge < -0.3 is 0 Å². The lowest BCUT2D eigenvalue weighted by Gasteiger charge is -2.24. The van der Waals surface area contributed by atoms with Gasteiger partial charge in [-0.25, -0.2) is 12.7 Å². The second-order valence-corrected chi connectivity index (χ2v) is 9.72. The molecule has 0 aliphatic rings. The lowest BCUT2D eigenvalue weighted by Crippen LogP contribution is -2.37. The van der Waals surface area contributed by atoms with Gasteiger partial charge in [0.25, 0.3) is 15.9 Å². The number of carbonyl (C=O) groups is 1. The number of aryl methyl sites for hydroxylation is 2. The van der Waals surface area contributed by atoms with E-state index < -0.39 is 15.9 Å². The molecular weight excluding hydrogens is 430 g/mol. The van der Waals surface area contributed by atoms with Crippen molar-refractivity contribution in [3.63, 3.8) is 0 Å². The van der Waals surface area contributed by atoms with Gasteiger partial charge >= 0.3 is 0 Å². The normalized spacial score (nSPS) is 11.7. The molecule has 0 radical (unpaired) electrons. The van der Waals surface area contributed by atoms with Gasteiger partial charge in [-0.2, -0.15) is 0 Å². The zero-order valence-electron chi connectivity index (χ0n) is 18.9. The van der Waals surface area contributed by atoms with Crippen molar-refractivity contribution in [2.45, 2.75) is 37.6 Å². The maximum absolute atomic E-state index is 13.6. The minimum absolute atomic E-state index is 0.0386. The molecule has 0 bridgehead atoms. The molecule has 0 aromatic heterocycles. The largest absolute Gasteiger partial charge is 0.268 e. The second kappa shape index (κ2) is 11.4. The van der Waals surface area contributed by atoms with Crippen LogP contribution in [0.1, 0.15) is 29.5 Å². The van der Waals surface area contributed by atoms with Gasteiger partial charge in [-0.05, 0) is 49.4 Å². The van der Waals surface area contributed by atoms with Crippen molar-refractivity contribution < 1.29 is 13.2 Å². The summed E-state index contributed by atoms with van der Waals surface area (Å²) < 4.78 is 28.1. The Morgan fingerprint density at radius 3 is 2.03 bits per heavy atom. The van der Waals surface area contributed by atoms with Gasteiger partial charge in [0.05, 0.1) is 11.4 Å². The van der Waals surface area contributed by atoms with Crippen molar-refractivity contribution in [3.05, 3.63) is 126 Å². The van der Waals surface area contributed by atoms with Gasteiger partial charge in [0.15, 0.2) is 0 Å². The van der Waals surface area contributed by atoms with Crippen LogP contribution in [0.3, 0.4) is 0 Å². The number of hydrogen-bond acceptors (Lipinski definition) is 3. The van der Waals surface area contributed by atoms with E-state index in [4.69, 9.17) is 0 Å². The number of rotatable bonds is 10. The van der Waals surface area contributed by atoms with E-state index in [-0.39, 0.29) is 11.4 Å². The summed E-state index contributed by atoms with van der Waals surface area (Å²) in [5.41, 5.74) is 3.27. The molecule has 4 nitrogen and oxygen atoms in total. The Bertz CT molecular complexity index is 1200. The molecule has 0 saturated carbocycles. The van der Waals surface area contributed by atoms with E-state index in [0.717, 1.165) is 27.4 Å². The molecule has 3 aromatic rings. The number of carbonyl (C=O) groups excluding carboxylic acids is 1. The molecule has 0 spiro atoms. The first kappa shape index (κ1) is 24.2. The summed E-state index contributed by atoms with van der Waals surface area (Å²) in [5, 5.41) is 0. The first-order valence-corrected chi connectivity index (χ1v) is 12.4. The molecule has 3 aromatic carbocycles. The molecule has 1 amide bonds. The molecule has 0 unspecified atom stereocenters. The van der Waals surface area contributed by atoms with E-state index in [9.17, 15) is 13.2 Å². The molecule has 3 rings (SSSR count). The van der Waals surface area contributed by atoms with Crippen LogP contribution >= 0.6 is 0 Å². The Balaban J connectivity index is 1.94. The Hall–Kier alpha value is -3.44. The third-order valence-corrected chi connectivity index (χ3v) is 7.05. The van der Waals surface area contributed by atoms with E-state index in [2.05, 4.69) is 6.58 Å². The molecule has 0 aliphatic heterocycles. The van der Waals surface area contributed by atoms with Crippen LogP contribution in [0.2, 0.25) is 0 Å². The lowest BCUT2D eigenvalue weighted by atomic mass is 10.1. The molecular formula is C28H29NO3S. The van der Waals surface area contributed by atoms with Crippen molar-refractivity contribution in [2.75, 3.05) is 0 Å². The average molecular weight is 460 g/mol. The van der Waals surface area contributed by atoms with Gasteiger partial charge in [-0.1, -0.05) is 90.5 Å². The van der Waals surface area contributed by atoms with Crippen molar-refractivity contribution >= 4 is 15.9 Å². The summed E-state index contributed by atoms with van der Waals surface area (Å²) >= 11 is 0. The standard InChI is InChI=1S/C28H29NO3S/c1-3-11-26(17-10-16-24-12-6-4-7-13-24)28(30)29(22-25-14-8-5-9-15-25)33(31,32)27-20-18-23(2)19-21-27/h3-9,12-15,17-21H,1,10-11,16,22H2,2H3/b26-17+. The Labute approximate surface area is 196 Å². The van der Waals surface area contributed by atoms with Crippen LogP contribution in [0.15, 0.2) is 114 Å². The fourth-order valence-corrected chi connectivity index (χ4v) is 4.87. The number of hydrogen-bond donors (Lipinski definition) is 0. The fourth-order valence-electron chi connectivity index (χ4n) is 3.48. The van der Waals surface area contributed by atoms with Crippen LogP contribution in [-0.4, -0.2) is 18.6 Å². The second-order valence-electron chi connectivity index (χ2n) is 7.86. The van der Waals surface area contributed by atoms with Crippen molar-refractivity contribution in [1.29, 1.82) is 0 Å². The number of nitrogens with zero attached hydrogens (tertiary/aromatic N) is 1. The minimum Gasteiger partial charge on any atom is -0.268 e. The Kier molecular flexibility index (Phi) is 8.39. The number of benzene rings is 3. The number of amides is 1. The first-order chi connectivity index (χ1) is 15.9. The highest BCUT2D eigenvalue weighted by Crippen LogP contribution is 2.23. The molecule has 5 heteroatoms. The van der Waals surface area contributed by atoms with E-state index >= 15 is 0 Å². The quantitative estimate of drug-likeness (QED) is 0.282. The molecule has 0 saturated heterocycles. The molecule has 0 aliphatic carbocycles. The fraction of sp³-hybridized carbons (Fsp3) is 0.179. The highest BCUT2D eigenvalue weighted by atomic mass is 32.2. The molecule has 33 heavy (non-hydrogen) atoms. The zero-order valence-corrected chi connectivity index (χ0v) is 19.7. The highest BCUT2D eigenvalue weighted by Gasteiger charge is 2.31. The van der Waals surface area contributed by atoms with Gasteiger partial charge in [0.2, 0.25) is 0 Å². The molecule has 170 valence electrons. The molecule has 0 N–H and O–H groups in total. The smallest absolute Gasteiger partial charge is 0.267 e. The van der Waals surface area contributed by atoms with E-state index in [1.807, 2.05) is 73.7 Å². The average Bonchev–Trinajstić information content (AvgIpc) is 2.83. The van der Waals surface area contributed by atoms with E-state index in [0.29, 0.717) is 18.4 Å². The van der Waals surface area contributed by atoms with Gasteiger partial charge in [0.1, 0.15) is 0 Å². The summed E-state index contributed by atoms with van der Waals surface area (Å²) in [6, 6.07) is 25.7. The number of sulfonamides is 1. The maximum Gasteiger partial charge on any atom is 0.267 e. The predicted molar refractivity (Wildman–Crippen MR) is 133 cm³/mol. The Morgan fingerprint density at radius 2 is 1.45 bits per heavy atom. The highest BCUT2D eigenvalue weighted by molar-refractivity contribution is 7.89. The van der Waals surface area contributed by atoms with Crippen LogP contribution in [0, 0.1) is 6.92 Å². The van der Waals surface area contributed by atoms with E-state index in [1.165, 1.54) is 0 Å². The topological polar surface area (TPSA) is 54.5 Å². The zero-order chi connectivity index (χ0) is 23.7. The first-order valence-electron chi connectivity index (χ1n) is 10.9. The van der Waals surface area contributed by atoms with Gasteiger partial charge in [-0.15, -0.1) is 6.58 Å². The van der Waals surface area contributed by atoms with Crippen LogP contribution < -0.4 is 0 Å². The molecule has 0 atom stereocenters. The van der Waals surface area contributed by atoms with Crippen LogP contribution in [0.4, 0.5) is 0 Å². The molecule has 0 fully saturated rings. The van der Waals surface area contributed by atoms with Crippen molar-refractivity contribution in [2.24, 2.45) is 0 Å². The number of allylic oxidation sites excluding steroid dienone is 2.